The minimum Gasteiger partial charge on any atom is -0.305 e. The van der Waals surface area contributed by atoms with Crippen LogP contribution in [0.15, 0.2) is 0 Å². The standard InChI is InChI=1S/C7H15NO/c1-9-8-7-5-3-2-4-6-7/h7-8H,2-6H2,1H3. The molecule has 0 atom stereocenters. The molecule has 2 heteroatoms. The molecular weight excluding hydrogens is 114 g/mol. The van der Waals surface area contributed by atoms with Gasteiger partial charge in [-0.3, -0.25) is 0 Å². The van der Waals surface area contributed by atoms with Crippen LogP contribution in [-0.4, -0.2) is 13.2 Å². The maximum absolute atomic E-state index is 4.83. The Kier molecular flexibility index (Phi) is 3.01. The molecule has 0 spiro atoms. The van der Waals surface area contributed by atoms with E-state index >= 15 is 0 Å². The summed E-state index contributed by atoms with van der Waals surface area (Å²) in [6.07, 6.45) is 6.70. The maximum Gasteiger partial charge on any atom is 0.0572 e. The van der Waals surface area contributed by atoms with Gasteiger partial charge in [-0.2, -0.15) is 5.48 Å². The number of hydrogen-bond donors (Lipinski definition) is 1. The molecule has 0 radical (unpaired) electrons. The summed E-state index contributed by atoms with van der Waals surface area (Å²) >= 11 is 0. The summed E-state index contributed by atoms with van der Waals surface area (Å²) in [6.45, 7) is 0. The Labute approximate surface area is 56.5 Å². The molecule has 0 aromatic heterocycles. The first-order chi connectivity index (χ1) is 4.43. The van der Waals surface area contributed by atoms with E-state index in [2.05, 4.69) is 5.48 Å². The molecule has 0 heterocycles. The lowest BCUT2D eigenvalue weighted by molar-refractivity contribution is 0.0489. The lowest BCUT2D eigenvalue weighted by Gasteiger charge is -2.20. The van der Waals surface area contributed by atoms with Gasteiger partial charge in [0.25, 0.3) is 0 Å². The average molecular weight is 129 g/mol. The van der Waals surface area contributed by atoms with Crippen LogP contribution >= 0.6 is 0 Å². The predicted octanol–water partition coefficient (Wildman–Crippen LogP) is 1.47. The molecular formula is C7H15NO. The van der Waals surface area contributed by atoms with Crippen molar-refractivity contribution in [1.29, 1.82) is 0 Å². The molecule has 9 heavy (non-hydrogen) atoms. The summed E-state index contributed by atoms with van der Waals surface area (Å²) < 4.78 is 0. The van der Waals surface area contributed by atoms with Crippen LogP contribution < -0.4 is 5.48 Å². The minimum absolute atomic E-state index is 0.628. The van der Waals surface area contributed by atoms with Crippen LogP contribution in [0, 0.1) is 0 Å². The Balaban J connectivity index is 2.08. The summed E-state index contributed by atoms with van der Waals surface area (Å²) in [6, 6.07) is 0.628. The van der Waals surface area contributed by atoms with Crippen molar-refractivity contribution in [2.24, 2.45) is 0 Å². The summed E-state index contributed by atoms with van der Waals surface area (Å²) in [4.78, 5) is 4.83. The molecule has 0 aromatic rings. The second-order valence-electron chi connectivity index (χ2n) is 2.66. The third-order valence-corrected chi connectivity index (χ3v) is 1.89. The van der Waals surface area contributed by atoms with Crippen molar-refractivity contribution in [3.63, 3.8) is 0 Å². The molecule has 1 saturated carbocycles. The fourth-order valence-electron chi connectivity index (χ4n) is 1.39. The first-order valence-corrected chi connectivity index (χ1v) is 3.72. The van der Waals surface area contributed by atoms with E-state index in [0.717, 1.165) is 0 Å². The smallest absolute Gasteiger partial charge is 0.0572 e. The lowest BCUT2D eigenvalue weighted by Crippen LogP contribution is -2.29. The van der Waals surface area contributed by atoms with Crippen LogP contribution in [0.4, 0.5) is 0 Å². The van der Waals surface area contributed by atoms with E-state index < -0.39 is 0 Å². The van der Waals surface area contributed by atoms with Crippen molar-refractivity contribution in [2.45, 2.75) is 38.1 Å². The van der Waals surface area contributed by atoms with Crippen LogP contribution in [0.5, 0.6) is 0 Å². The van der Waals surface area contributed by atoms with Gasteiger partial charge in [0.05, 0.1) is 7.11 Å². The van der Waals surface area contributed by atoms with Crippen LogP contribution in [-0.2, 0) is 4.84 Å². The zero-order valence-corrected chi connectivity index (χ0v) is 6.02. The van der Waals surface area contributed by atoms with Crippen molar-refractivity contribution in [1.82, 2.24) is 5.48 Å². The summed E-state index contributed by atoms with van der Waals surface area (Å²) in [5.74, 6) is 0. The van der Waals surface area contributed by atoms with Crippen molar-refractivity contribution >= 4 is 0 Å². The average Bonchev–Trinajstić information content (AvgIpc) is 1.91. The molecule has 0 unspecified atom stereocenters. The van der Waals surface area contributed by atoms with Crippen molar-refractivity contribution in [2.75, 3.05) is 7.11 Å². The third-order valence-electron chi connectivity index (χ3n) is 1.89. The summed E-state index contributed by atoms with van der Waals surface area (Å²) in [5, 5.41) is 0. The summed E-state index contributed by atoms with van der Waals surface area (Å²) in [7, 11) is 1.69. The molecule has 0 amide bonds. The quantitative estimate of drug-likeness (QED) is 0.570. The second-order valence-corrected chi connectivity index (χ2v) is 2.66. The SMILES string of the molecule is CONC1CCCCC1. The molecule has 0 aliphatic heterocycles. The van der Waals surface area contributed by atoms with Crippen LogP contribution in [0.3, 0.4) is 0 Å². The van der Waals surface area contributed by atoms with Gasteiger partial charge in [-0.15, -0.1) is 0 Å². The van der Waals surface area contributed by atoms with E-state index in [1.807, 2.05) is 0 Å². The van der Waals surface area contributed by atoms with Gasteiger partial charge in [-0.05, 0) is 12.8 Å². The highest BCUT2D eigenvalue weighted by atomic mass is 16.6. The molecule has 1 aliphatic carbocycles. The van der Waals surface area contributed by atoms with Crippen LogP contribution in [0.1, 0.15) is 32.1 Å². The molecule has 1 aliphatic rings. The molecule has 0 aromatic carbocycles. The Bertz CT molecular complexity index is 66.6. The van der Waals surface area contributed by atoms with Gasteiger partial charge in [0.15, 0.2) is 0 Å². The van der Waals surface area contributed by atoms with Crippen molar-refractivity contribution in [3.05, 3.63) is 0 Å². The van der Waals surface area contributed by atoms with E-state index in [0.29, 0.717) is 6.04 Å². The Morgan fingerprint density at radius 2 is 1.89 bits per heavy atom. The molecule has 1 rings (SSSR count). The van der Waals surface area contributed by atoms with Gasteiger partial charge < -0.3 is 4.84 Å². The number of rotatable bonds is 2. The second kappa shape index (κ2) is 3.85. The van der Waals surface area contributed by atoms with Crippen LogP contribution in [0.2, 0.25) is 0 Å². The Hall–Kier alpha value is -0.0800. The minimum atomic E-state index is 0.628. The fourth-order valence-corrected chi connectivity index (χ4v) is 1.39. The molecule has 1 N–H and O–H groups in total. The van der Waals surface area contributed by atoms with E-state index in [1.165, 1.54) is 32.1 Å². The first-order valence-electron chi connectivity index (χ1n) is 3.72. The third kappa shape index (κ3) is 2.33. The van der Waals surface area contributed by atoms with Gasteiger partial charge in [0.1, 0.15) is 0 Å². The lowest BCUT2D eigenvalue weighted by atomic mass is 9.96. The van der Waals surface area contributed by atoms with Crippen LogP contribution in [0.25, 0.3) is 0 Å². The molecule has 1 fully saturated rings. The highest BCUT2D eigenvalue weighted by molar-refractivity contribution is 4.67. The van der Waals surface area contributed by atoms with Gasteiger partial charge in [0, 0.05) is 6.04 Å². The summed E-state index contributed by atoms with van der Waals surface area (Å²) in [5.41, 5.74) is 2.98. The zero-order valence-electron chi connectivity index (χ0n) is 6.02. The Morgan fingerprint density at radius 1 is 1.22 bits per heavy atom. The van der Waals surface area contributed by atoms with Gasteiger partial charge in [0.2, 0.25) is 0 Å². The van der Waals surface area contributed by atoms with E-state index in [9.17, 15) is 0 Å². The number of hydrogen-bond acceptors (Lipinski definition) is 2. The first kappa shape index (κ1) is 7.03. The monoisotopic (exact) mass is 129 g/mol. The van der Waals surface area contributed by atoms with E-state index in [1.54, 1.807) is 7.11 Å². The van der Waals surface area contributed by atoms with Gasteiger partial charge >= 0.3 is 0 Å². The van der Waals surface area contributed by atoms with Crippen molar-refractivity contribution < 1.29 is 4.84 Å². The molecule has 54 valence electrons. The largest absolute Gasteiger partial charge is 0.305 e. The van der Waals surface area contributed by atoms with E-state index in [4.69, 9.17) is 4.84 Å². The van der Waals surface area contributed by atoms with Crippen molar-refractivity contribution in [3.8, 4) is 0 Å². The number of nitrogens with one attached hydrogen (secondary N) is 1. The maximum atomic E-state index is 4.83. The highest BCUT2D eigenvalue weighted by Crippen LogP contribution is 2.16. The predicted molar refractivity (Wildman–Crippen MR) is 37.0 cm³/mol. The molecule has 0 bridgehead atoms. The Morgan fingerprint density at radius 3 is 2.44 bits per heavy atom. The van der Waals surface area contributed by atoms with E-state index in [-0.39, 0.29) is 0 Å². The zero-order chi connectivity index (χ0) is 6.53. The van der Waals surface area contributed by atoms with Gasteiger partial charge in [-0.25, -0.2) is 0 Å². The number of hydroxylamine groups is 1. The fraction of sp³-hybridized carbons (Fsp3) is 1.00. The molecule has 2 nitrogen and oxygen atoms in total. The topological polar surface area (TPSA) is 21.3 Å². The van der Waals surface area contributed by atoms with Gasteiger partial charge in [-0.1, -0.05) is 19.3 Å². The molecule has 0 saturated heterocycles. The highest BCUT2D eigenvalue weighted by Gasteiger charge is 2.11. The normalized spacial score (nSPS) is 22.3.